The molecule has 1 rings (SSSR count). The fraction of sp³-hybridized carbons (Fsp3) is 0.788. The van der Waals surface area contributed by atoms with Gasteiger partial charge in [-0.2, -0.15) is 0 Å². The van der Waals surface area contributed by atoms with Gasteiger partial charge in [0.2, 0.25) is 0 Å². The van der Waals surface area contributed by atoms with E-state index in [0.717, 1.165) is 55.2 Å². The highest BCUT2D eigenvalue weighted by Crippen LogP contribution is 2.46. The Kier molecular flexibility index (Phi) is 13.6. The van der Waals surface area contributed by atoms with Gasteiger partial charge in [0.25, 0.3) is 0 Å². The maximum absolute atomic E-state index is 12.3. The lowest BCUT2D eigenvalue weighted by Gasteiger charge is -2.37. The standard InChI is InChI=1S/C33H58O3/c1-9-11-13-15-17-19-21-33(25-29(34)35,22-20-18-16-14-12-10-2)26-23-27(31(3,4)5)30(36)28(24-26)32(6,7)8/h23-24,36H,9-22,25H2,1-8H3,(H,34,35). The van der Waals surface area contributed by atoms with Crippen molar-refractivity contribution in [3.05, 3.63) is 28.8 Å². The zero-order valence-corrected chi connectivity index (χ0v) is 25.1. The molecule has 0 fully saturated rings. The summed E-state index contributed by atoms with van der Waals surface area (Å²) in [6.07, 6.45) is 16.4. The highest BCUT2D eigenvalue weighted by Gasteiger charge is 2.37. The molecule has 0 aliphatic rings. The highest BCUT2D eigenvalue weighted by atomic mass is 16.4. The Morgan fingerprint density at radius 2 is 1.03 bits per heavy atom. The Labute approximate surface area is 223 Å². The maximum atomic E-state index is 12.3. The lowest BCUT2D eigenvalue weighted by molar-refractivity contribution is -0.138. The average molecular weight is 503 g/mol. The zero-order valence-electron chi connectivity index (χ0n) is 25.1. The number of hydrogen-bond acceptors (Lipinski definition) is 2. The van der Waals surface area contributed by atoms with E-state index in [4.69, 9.17) is 0 Å². The topological polar surface area (TPSA) is 57.5 Å². The first-order valence-electron chi connectivity index (χ1n) is 14.9. The molecule has 0 saturated carbocycles. The minimum absolute atomic E-state index is 0.162. The Hall–Kier alpha value is -1.51. The van der Waals surface area contributed by atoms with Crippen molar-refractivity contribution in [2.45, 2.75) is 168 Å². The molecule has 0 saturated heterocycles. The smallest absolute Gasteiger partial charge is 0.304 e. The maximum Gasteiger partial charge on any atom is 0.304 e. The van der Waals surface area contributed by atoms with Gasteiger partial charge in [-0.15, -0.1) is 0 Å². The van der Waals surface area contributed by atoms with Crippen LogP contribution >= 0.6 is 0 Å². The van der Waals surface area contributed by atoms with Gasteiger partial charge < -0.3 is 10.2 Å². The van der Waals surface area contributed by atoms with Crippen molar-refractivity contribution < 1.29 is 15.0 Å². The molecule has 0 atom stereocenters. The third-order valence-electron chi connectivity index (χ3n) is 7.85. The minimum atomic E-state index is -0.713. The molecule has 36 heavy (non-hydrogen) atoms. The molecule has 208 valence electrons. The van der Waals surface area contributed by atoms with Crippen LogP contribution in [0.3, 0.4) is 0 Å². The van der Waals surface area contributed by atoms with Crippen LogP contribution in [0.5, 0.6) is 5.75 Å². The summed E-state index contributed by atoms with van der Waals surface area (Å²) >= 11 is 0. The number of carbonyl (C=O) groups is 1. The van der Waals surface area contributed by atoms with Gasteiger partial charge in [0.1, 0.15) is 5.75 Å². The van der Waals surface area contributed by atoms with E-state index in [0.29, 0.717) is 5.75 Å². The summed E-state index contributed by atoms with van der Waals surface area (Å²) in [5, 5.41) is 21.4. The van der Waals surface area contributed by atoms with Crippen LogP contribution in [0.2, 0.25) is 0 Å². The third-order valence-corrected chi connectivity index (χ3v) is 7.85. The number of carboxylic acids is 1. The molecule has 0 bridgehead atoms. The van der Waals surface area contributed by atoms with Crippen LogP contribution in [0.1, 0.15) is 168 Å². The van der Waals surface area contributed by atoms with E-state index in [1.165, 1.54) is 51.4 Å². The Balaban J connectivity index is 3.48. The quantitative estimate of drug-likeness (QED) is 0.208. The van der Waals surface area contributed by atoms with E-state index >= 15 is 0 Å². The molecule has 0 heterocycles. The van der Waals surface area contributed by atoms with Gasteiger partial charge in [-0.05, 0) is 40.4 Å². The SMILES string of the molecule is CCCCCCCCC(CCCCCCCC)(CC(=O)O)c1cc(C(C)(C)C)c(O)c(C(C)(C)C)c1. The zero-order chi connectivity index (χ0) is 27.4. The third kappa shape index (κ3) is 10.5. The number of phenolic OH excluding ortho intramolecular Hbond substituents is 1. The number of phenols is 1. The van der Waals surface area contributed by atoms with Crippen LogP contribution in [0.25, 0.3) is 0 Å². The minimum Gasteiger partial charge on any atom is -0.507 e. The first-order valence-corrected chi connectivity index (χ1v) is 14.9. The molecule has 3 heteroatoms. The second-order valence-electron chi connectivity index (χ2n) is 13.3. The van der Waals surface area contributed by atoms with Gasteiger partial charge in [-0.1, -0.05) is 145 Å². The summed E-state index contributed by atoms with van der Waals surface area (Å²) in [6.45, 7) is 17.3. The number of benzene rings is 1. The van der Waals surface area contributed by atoms with Crippen molar-refractivity contribution in [3.63, 3.8) is 0 Å². The summed E-state index contributed by atoms with van der Waals surface area (Å²) in [5.41, 5.74) is 2.15. The summed E-state index contributed by atoms with van der Waals surface area (Å²) in [6, 6.07) is 4.31. The normalized spacial score (nSPS) is 12.8. The molecule has 3 nitrogen and oxygen atoms in total. The van der Waals surface area contributed by atoms with Gasteiger partial charge in [0.15, 0.2) is 0 Å². The molecule has 0 amide bonds. The summed E-state index contributed by atoms with van der Waals surface area (Å²) in [4.78, 5) is 12.3. The van der Waals surface area contributed by atoms with Crippen LogP contribution in [-0.2, 0) is 21.0 Å². The number of aromatic hydroxyl groups is 1. The molecule has 0 aliphatic carbocycles. The largest absolute Gasteiger partial charge is 0.507 e. The lowest BCUT2D eigenvalue weighted by atomic mass is 9.67. The van der Waals surface area contributed by atoms with Crippen LogP contribution < -0.4 is 0 Å². The fourth-order valence-corrected chi connectivity index (χ4v) is 5.55. The van der Waals surface area contributed by atoms with Crippen molar-refractivity contribution in [1.29, 1.82) is 0 Å². The van der Waals surface area contributed by atoms with E-state index in [-0.39, 0.29) is 17.3 Å². The number of aliphatic carboxylic acids is 1. The van der Waals surface area contributed by atoms with E-state index in [9.17, 15) is 15.0 Å². The number of rotatable bonds is 17. The van der Waals surface area contributed by atoms with Crippen LogP contribution in [0.15, 0.2) is 12.1 Å². The van der Waals surface area contributed by atoms with Gasteiger partial charge >= 0.3 is 5.97 Å². The fourth-order valence-electron chi connectivity index (χ4n) is 5.55. The van der Waals surface area contributed by atoms with Crippen LogP contribution in [-0.4, -0.2) is 16.2 Å². The predicted octanol–water partition coefficient (Wildman–Crippen LogP) is 10.2. The Bertz CT molecular complexity index is 728. The van der Waals surface area contributed by atoms with Crippen molar-refractivity contribution >= 4 is 5.97 Å². The molecule has 0 unspecified atom stereocenters. The predicted molar refractivity (Wildman–Crippen MR) is 155 cm³/mol. The van der Waals surface area contributed by atoms with Crippen molar-refractivity contribution in [3.8, 4) is 5.75 Å². The van der Waals surface area contributed by atoms with E-state index in [2.05, 4.69) is 67.5 Å². The highest BCUT2D eigenvalue weighted by molar-refractivity contribution is 5.69. The Morgan fingerprint density at radius 1 is 0.667 bits per heavy atom. The first kappa shape index (κ1) is 32.5. The Morgan fingerprint density at radius 3 is 1.36 bits per heavy atom. The van der Waals surface area contributed by atoms with E-state index in [1.807, 2.05) is 0 Å². The van der Waals surface area contributed by atoms with E-state index in [1.54, 1.807) is 0 Å². The second kappa shape index (κ2) is 15.0. The monoisotopic (exact) mass is 502 g/mol. The van der Waals surface area contributed by atoms with Gasteiger partial charge in [-0.25, -0.2) is 0 Å². The van der Waals surface area contributed by atoms with Gasteiger partial charge in [0, 0.05) is 5.41 Å². The van der Waals surface area contributed by atoms with Crippen molar-refractivity contribution in [2.24, 2.45) is 0 Å². The number of hydrogen-bond donors (Lipinski definition) is 2. The van der Waals surface area contributed by atoms with Gasteiger partial charge in [0.05, 0.1) is 6.42 Å². The molecule has 0 radical (unpaired) electrons. The van der Waals surface area contributed by atoms with Crippen molar-refractivity contribution in [1.82, 2.24) is 0 Å². The van der Waals surface area contributed by atoms with E-state index < -0.39 is 11.4 Å². The summed E-state index contributed by atoms with van der Waals surface area (Å²) < 4.78 is 0. The summed E-state index contributed by atoms with van der Waals surface area (Å²) in [5.74, 6) is -0.336. The molecule has 1 aromatic carbocycles. The summed E-state index contributed by atoms with van der Waals surface area (Å²) in [7, 11) is 0. The molecule has 0 spiro atoms. The van der Waals surface area contributed by atoms with Crippen molar-refractivity contribution in [2.75, 3.05) is 0 Å². The van der Waals surface area contributed by atoms with Crippen LogP contribution in [0, 0.1) is 0 Å². The van der Waals surface area contributed by atoms with Gasteiger partial charge in [-0.3, -0.25) is 4.79 Å². The molecular formula is C33H58O3. The first-order chi connectivity index (χ1) is 16.8. The molecule has 0 aliphatic heterocycles. The van der Waals surface area contributed by atoms with Crippen LogP contribution in [0.4, 0.5) is 0 Å². The second-order valence-corrected chi connectivity index (χ2v) is 13.3. The molecule has 1 aromatic rings. The lowest BCUT2D eigenvalue weighted by Crippen LogP contribution is -2.31. The molecule has 2 N–H and O–H groups in total. The molecule has 0 aromatic heterocycles. The number of unbranched alkanes of at least 4 members (excludes halogenated alkanes) is 10. The number of carboxylic acid groups (broad SMARTS) is 1. The molecular weight excluding hydrogens is 444 g/mol. The average Bonchev–Trinajstić information content (AvgIpc) is 2.76.